The van der Waals surface area contributed by atoms with Crippen LogP contribution in [0, 0.1) is 13.8 Å². The second kappa shape index (κ2) is 6.90. The van der Waals surface area contributed by atoms with E-state index in [1.54, 1.807) is 7.11 Å². The van der Waals surface area contributed by atoms with E-state index >= 15 is 0 Å². The van der Waals surface area contributed by atoms with Gasteiger partial charge in [-0.05, 0) is 44.2 Å². The average Bonchev–Trinajstić information content (AvgIpc) is 3.07. The molecule has 0 radical (unpaired) electrons. The molecule has 1 aliphatic rings. The predicted octanol–water partition coefficient (Wildman–Crippen LogP) is 2.81. The van der Waals surface area contributed by atoms with E-state index in [0.29, 0.717) is 35.4 Å². The molecule has 0 bridgehead atoms. The Balaban J connectivity index is 1.51. The summed E-state index contributed by atoms with van der Waals surface area (Å²) in [5.74, 6) is 0.847. The van der Waals surface area contributed by atoms with Crippen LogP contribution in [0.15, 0.2) is 34.9 Å². The number of anilines is 1. The van der Waals surface area contributed by atoms with Crippen molar-refractivity contribution in [3.8, 4) is 5.75 Å². The summed E-state index contributed by atoms with van der Waals surface area (Å²) < 4.78 is 10.5. The fourth-order valence-electron chi connectivity index (χ4n) is 3.52. The molecule has 1 aromatic carbocycles. The van der Waals surface area contributed by atoms with Crippen LogP contribution in [-0.4, -0.2) is 54.2 Å². The zero-order valence-corrected chi connectivity index (χ0v) is 15.7. The molecule has 3 aromatic rings. The molecule has 1 fully saturated rings. The van der Waals surface area contributed by atoms with Crippen molar-refractivity contribution in [3.63, 3.8) is 0 Å². The molecule has 0 unspecified atom stereocenters. The summed E-state index contributed by atoms with van der Waals surface area (Å²) in [6.07, 6.45) is 0. The third-order valence-corrected chi connectivity index (χ3v) is 4.98. The lowest BCUT2D eigenvalue weighted by molar-refractivity contribution is 0.0748. The fraction of sp³-hybridized carbons (Fsp3) is 0.350. The van der Waals surface area contributed by atoms with Crippen molar-refractivity contribution >= 4 is 22.7 Å². The van der Waals surface area contributed by atoms with Crippen LogP contribution in [0.4, 0.5) is 5.69 Å². The molecule has 3 heterocycles. The predicted molar refractivity (Wildman–Crippen MR) is 102 cm³/mol. The highest BCUT2D eigenvalue weighted by Gasteiger charge is 2.26. The molecule has 0 spiro atoms. The van der Waals surface area contributed by atoms with Gasteiger partial charge in [0.2, 0.25) is 0 Å². The maximum absolute atomic E-state index is 13.1. The van der Waals surface area contributed by atoms with Gasteiger partial charge in [0.1, 0.15) is 5.75 Å². The highest BCUT2D eigenvalue weighted by atomic mass is 16.5. The minimum Gasteiger partial charge on any atom is -0.497 e. The number of hydrogen-bond donors (Lipinski definition) is 0. The monoisotopic (exact) mass is 366 g/mol. The number of aromatic nitrogens is 2. The van der Waals surface area contributed by atoms with E-state index in [-0.39, 0.29) is 5.91 Å². The largest absolute Gasteiger partial charge is 0.497 e. The number of hydrogen-bond acceptors (Lipinski definition) is 6. The molecule has 7 heteroatoms. The van der Waals surface area contributed by atoms with E-state index in [2.05, 4.69) is 15.0 Å². The van der Waals surface area contributed by atoms with Crippen molar-refractivity contribution in [2.45, 2.75) is 13.8 Å². The second-order valence-corrected chi connectivity index (χ2v) is 6.74. The fourth-order valence-corrected chi connectivity index (χ4v) is 3.52. The van der Waals surface area contributed by atoms with E-state index in [4.69, 9.17) is 9.26 Å². The quantitative estimate of drug-likeness (QED) is 0.710. The van der Waals surface area contributed by atoms with Gasteiger partial charge in [0.15, 0.2) is 0 Å². The molecule has 0 aliphatic carbocycles. The van der Waals surface area contributed by atoms with Crippen LogP contribution in [0.1, 0.15) is 21.7 Å². The van der Waals surface area contributed by atoms with Gasteiger partial charge in [-0.3, -0.25) is 4.79 Å². The standard InChI is InChI=1S/C20H22N4O3/c1-13-12-17(18-14(2)22-27-19(18)21-13)20(25)24-10-8-23(9-11-24)15-4-6-16(26-3)7-5-15/h4-7,12H,8-11H2,1-3H3. The summed E-state index contributed by atoms with van der Waals surface area (Å²) in [5, 5.41) is 4.68. The van der Waals surface area contributed by atoms with Crippen molar-refractivity contribution in [1.82, 2.24) is 15.0 Å². The highest BCUT2D eigenvalue weighted by molar-refractivity contribution is 6.06. The number of carbonyl (C=O) groups excluding carboxylic acids is 1. The molecular formula is C20H22N4O3. The molecule has 7 nitrogen and oxygen atoms in total. The van der Waals surface area contributed by atoms with Gasteiger partial charge in [0, 0.05) is 37.6 Å². The Labute approximate surface area is 157 Å². The third kappa shape index (κ3) is 3.20. The SMILES string of the molecule is COc1ccc(N2CCN(C(=O)c3cc(C)nc4onc(C)c34)CC2)cc1. The molecule has 0 N–H and O–H groups in total. The first-order chi connectivity index (χ1) is 13.1. The number of piperazine rings is 1. The Morgan fingerprint density at radius 1 is 1.11 bits per heavy atom. The minimum atomic E-state index is 0.00572. The van der Waals surface area contributed by atoms with Crippen LogP contribution in [-0.2, 0) is 0 Å². The molecule has 4 rings (SSSR count). The lowest BCUT2D eigenvalue weighted by Crippen LogP contribution is -2.48. The number of nitrogens with zero attached hydrogens (tertiary/aromatic N) is 4. The molecule has 27 heavy (non-hydrogen) atoms. The van der Waals surface area contributed by atoms with Gasteiger partial charge in [0.05, 0.1) is 23.8 Å². The first kappa shape index (κ1) is 17.3. The van der Waals surface area contributed by atoms with Crippen LogP contribution in [0.25, 0.3) is 11.1 Å². The second-order valence-electron chi connectivity index (χ2n) is 6.74. The first-order valence-electron chi connectivity index (χ1n) is 8.98. The summed E-state index contributed by atoms with van der Waals surface area (Å²) >= 11 is 0. The number of pyridine rings is 1. The van der Waals surface area contributed by atoms with Crippen LogP contribution in [0.5, 0.6) is 5.75 Å². The molecule has 1 amide bonds. The van der Waals surface area contributed by atoms with E-state index < -0.39 is 0 Å². The number of methoxy groups -OCH3 is 1. The third-order valence-electron chi connectivity index (χ3n) is 4.98. The zero-order valence-electron chi connectivity index (χ0n) is 15.7. The van der Waals surface area contributed by atoms with Crippen LogP contribution >= 0.6 is 0 Å². The summed E-state index contributed by atoms with van der Waals surface area (Å²) in [4.78, 5) is 21.6. The Kier molecular flexibility index (Phi) is 4.43. The van der Waals surface area contributed by atoms with Crippen LogP contribution < -0.4 is 9.64 Å². The summed E-state index contributed by atoms with van der Waals surface area (Å²) in [5.41, 5.74) is 3.62. The lowest BCUT2D eigenvalue weighted by Gasteiger charge is -2.36. The van der Waals surface area contributed by atoms with Gasteiger partial charge in [-0.2, -0.15) is 0 Å². The lowest BCUT2D eigenvalue weighted by atomic mass is 10.1. The Morgan fingerprint density at radius 2 is 1.81 bits per heavy atom. The van der Waals surface area contributed by atoms with Crippen molar-refractivity contribution < 1.29 is 14.1 Å². The van der Waals surface area contributed by atoms with Gasteiger partial charge >= 0.3 is 0 Å². The Morgan fingerprint density at radius 3 is 2.48 bits per heavy atom. The number of aryl methyl sites for hydroxylation is 2. The molecule has 0 saturated carbocycles. The molecular weight excluding hydrogens is 344 g/mol. The van der Waals surface area contributed by atoms with Gasteiger partial charge in [-0.15, -0.1) is 0 Å². The van der Waals surface area contributed by atoms with Gasteiger partial charge in [-0.1, -0.05) is 5.16 Å². The summed E-state index contributed by atoms with van der Waals surface area (Å²) in [6, 6.07) is 9.83. The molecule has 0 atom stereocenters. The highest BCUT2D eigenvalue weighted by Crippen LogP contribution is 2.25. The van der Waals surface area contributed by atoms with E-state index in [1.165, 1.54) is 0 Å². The van der Waals surface area contributed by atoms with Gasteiger partial charge in [0.25, 0.3) is 11.6 Å². The van der Waals surface area contributed by atoms with Gasteiger partial charge in [-0.25, -0.2) is 4.98 Å². The van der Waals surface area contributed by atoms with Crippen molar-refractivity contribution in [1.29, 1.82) is 0 Å². The number of carbonyl (C=O) groups is 1. The molecule has 1 aliphatic heterocycles. The first-order valence-corrected chi connectivity index (χ1v) is 8.98. The number of ether oxygens (including phenoxy) is 1. The number of fused-ring (bicyclic) bond motifs is 1. The zero-order chi connectivity index (χ0) is 19.0. The van der Waals surface area contributed by atoms with Crippen molar-refractivity contribution in [2.75, 3.05) is 38.2 Å². The molecule has 140 valence electrons. The Hall–Kier alpha value is -3.09. The molecule has 2 aromatic heterocycles. The van der Waals surface area contributed by atoms with Crippen molar-refractivity contribution in [2.24, 2.45) is 0 Å². The smallest absolute Gasteiger partial charge is 0.258 e. The number of benzene rings is 1. The normalized spacial score (nSPS) is 14.6. The summed E-state index contributed by atoms with van der Waals surface area (Å²) in [6.45, 7) is 6.59. The van der Waals surface area contributed by atoms with E-state index in [0.717, 1.165) is 30.2 Å². The van der Waals surface area contributed by atoms with Crippen LogP contribution in [0.2, 0.25) is 0 Å². The Bertz CT molecular complexity index is 973. The average molecular weight is 366 g/mol. The number of rotatable bonds is 3. The topological polar surface area (TPSA) is 71.7 Å². The maximum Gasteiger partial charge on any atom is 0.258 e. The minimum absolute atomic E-state index is 0.00572. The van der Waals surface area contributed by atoms with Crippen LogP contribution in [0.3, 0.4) is 0 Å². The number of amides is 1. The maximum atomic E-state index is 13.1. The van der Waals surface area contributed by atoms with Gasteiger partial charge < -0.3 is 19.1 Å². The van der Waals surface area contributed by atoms with E-state index in [1.807, 2.05) is 49.1 Å². The van der Waals surface area contributed by atoms with E-state index in [9.17, 15) is 4.79 Å². The summed E-state index contributed by atoms with van der Waals surface area (Å²) in [7, 11) is 1.66. The molecule has 1 saturated heterocycles. The van der Waals surface area contributed by atoms with Crippen molar-refractivity contribution in [3.05, 3.63) is 47.3 Å².